The second kappa shape index (κ2) is 15.5. The number of hydrogen-bond donors (Lipinski definition) is 1. The van der Waals surface area contributed by atoms with Gasteiger partial charge in [0.1, 0.15) is 0 Å². The summed E-state index contributed by atoms with van der Waals surface area (Å²) in [7, 11) is 0. The van der Waals surface area contributed by atoms with Gasteiger partial charge in [-0.05, 0) is 18.8 Å². The Balaban J connectivity index is 3.57. The molecule has 1 atom stereocenters. The van der Waals surface area contributed by atoms with Crippen molar-refractivity contribution in [3.05, 3.63) is 0 Å². The van der Waals surface area contributed by atoms with E-state index in [4.69, 9.17) is 0 Å². The van der Waals surface area contributed by atoms with E-state index in [9.17, 15) is 4.79 Å². The van der Waals surface area contributed by atoms with Gasteiger partial charge in [0.15, 0.2) is 0 Å². The van der Waals surface area contributed by atoms with Gasteiger partial charge in [-0.2, -0.15) is 0 Å². The van der Waals surface area contributed by atoms with Crippen LogP contribution in [-0.2, 0) is 4.79 Å². The first-order valence-electron chi connectivity index (χ1n) is 8.45. The summed E-state index contributed by atoms with van der Waals surface area (Å²) in [6, 6.07) is 0. The lowest BCUT2D eigenvalue weighted by molar-refractivity contribution is 0.397. The van der Waals surface area contributed by atoms with Crippen LogP contribution < -0.4 is 5.32 Å². The molecule has 0 spiro atoms. The van der Waals surface area contributed by atoms with Crippen molar-refractivity contribution in [1.82, 2.24) is 5.32 Å². The maximum atomic E-state index is 10.3. The van der Waals surface area contributed by atoms with Gasteiger partial charge in [-0.1, -0.05) is 78.1 Å². The van der Waals surface area contributed by atoms with E-state index in [0.29, 0.717) is 5.92 Å². The first kappa shape index (κ1) is 18.5. The van der Waals surface area contributed by atoms with Crippen LogP contribution in [0.2, 0.25) is 0 Å². The van der Waals surface area contributed by atoms with Crippen molar-refractivity contribution in [3.63, 3.8) is 0 Å². The summed E-state index contributed by atoms with van der Waals surface area (Å²) in [4.78, 5) is 10.3. The molecule has 0 aromatic carbocycles. The molecule has 0 rings (SSSR count). The number of nitrogens with one attached hydrogen (secondary N) is 1. The predicted molar refractivity (Wildman–Crippen MR) is 83.9 cm³/mol. The molecule has 19 heavy (non-hydrogen) atoms. The normalized spacial score (nSPS) is 12.3. The maximum Gasteiger partial charge on any atom is 0.309 e. The largest absolute Gasteiger partial charge is 0.348 e. The number of carbonyl (C=O) groups excluding carboxylic acids is 1. The molecule has 0 bridgehead atoms. The molecule has 1 unspecified atom stereocenters. The highest BCUT2D eigenvalue weighted by atomic mass is 16.1. The lowest BCUT2D eigenvalue weighted by atomic mass is 9.94. The molecule has 0 fully saturated rings. The average molecular weight is 268 g/mol. The molecule has 0 aromatic rings. The summed E-state index contributed by atoms with van der Waals surface area (Å²) in [5, 5.41) is 2.74. The zero-order chi connectivity index (χ0) is 14.2. The zero-order valence-electron chi connectivity index (χ0n) is 13.2. The maximum absolute atomic E-state index is 10.3. The molecule has 2 heteroatoms. The summed E-state index contributed by atoms with van der Waals surface area (Å²) < 4.78 is 0. The Morgan fingerprint density at radius 3 is 1.79 bits per heavy atom. The highest BCUT2D eigenvalue weighted by Gasteiger charge is 2.08. The number of amides is 1. The molecular weight excluding hydrogens is 234 g/mol. The van der Waals surface area contributed by atoms with Crippen LogP contribution in [0, 0.1) is 5.92 Å². The van der Waals surface area contributed by atoms with Crippen molar-refractivity contribution in [2.45, 2.75) is 90.9 Å². The van der Waals surface area contributed by atoms with Crippen LogP contribution in [0.15, 0.2) is 0 Å². The summed E-state index contributed by atoms with van der Waals surface area (Å²) in [5.74, 6) is 0.671. The monoisotopic (exact) mass is 268 g/mol. The summed E-state index contributed by atoms with van der Waals surface area (Å²) in [5.41, 5.74) is 0. The van der Waals surface area contributed by atoms with Crippen molar-refractivity contribution >= 4 is 6.41 Å². The second-order valence-electron chi connectivity index (χ2n) is 5.75. The highest BCUT2D eigenvalue weighted by molar-refractivity contribution is 5.46. The molecule has 0 aromatic heterocycles. The lowest BCUT2D eigenvalue weighted by Gasteiger charge is -2.16. The second-order valence-corrected chi connectivity index (χ2v) is 5.75. The molecule has 0 saturated carbocycles. The van der Waals surface area contributed by atoms with E-state index >= 15 is 0 Å². The highest BCUT2D eigenvalue weighted by Crippen LogP contribution is 2.18. The first-order valence-corrected chi connectivity index (χ1v) is 8.45. The molecule has 0 heterocycles. The molecular formula is C17H34NO. The fraction of sp³-hybridized carbons (Fsp3) is 0.941. The van der Waals surface area contributed by atoms with Crippen molar-refractivity contribution in [2.24, 2.45) is 5.92 Å². The van der Waals surface area contributed by atoms with Crippen LogP contribution in [0.25, 0.3) is 0 Å². The van der Waals surface area contributed by atoms with Gasteiger partial charge in [0.2, 0.25) is 0 Å². The van der Waals surface area contributed by atoms with Crippen molar-refractivity contribution in [1.29, 1.82) is 0 Å². The number of rotatable bonds is 15. The van der Waals surface area contributed by atoms with E-state index in [1.165, 1.54) is 77.0 Å². The summed E-state index contributed by atoms with van der Waals surface area (Å²) >= 11 is 0. The fourth-order valence-electron chi connectivity index (χ4n) is 2.61. The van der Waals surface area contributed by atoms with Gasteiger partial charge < -0.3 is 5.32 Å². The Morgan fingerprint density at radius 1 is 0.789 bits per heavy atom. The van der Waals surface area contributed by atoms with Gasteiger partial charge in [0.25, 0.3) is 0 Å². The van der Waals surface area contributed by atoms with E-state index < -0.39 is 0 Å². The third kappa shape index (κ3) is 13.7. The van der Waals surface area contributed by atoms with Crippen molar-refractivity contribution < 1.29 is 4.79 Å². The van der Waals surface area contributed by atoms with Crippen molar-refractivity contribution in [2.75, 3.05) is 6.54 Å². The SMILES string of the molecule is CCCCCCCCC(CCCCCC)CN[C]=O. The topological polar surface area (TPSA) is 29.1 Å². The van der Waals surface area contributed by atoms with E-state index in [-0.39, 0.29) is 0 Å². The van der Waals surface area contributed by atoms with Gasteiger partial charge in [0, 0.05) is 6.54 Å². The van der Waals surface area contributed by atoms with Crippen LogP contribution in [0.3, 0.4) is 0 Å². The molecule has 0 aliphatic heterocycles. The smallest absolute Gasteiger partial charge is 0.309 e. The molecule has 0 aliphatic carbocycles. The zero-order valence-corrected chi connectivity index (χ0v) is 13.2. The van der Waals surface area contributed by atoms with E-state index in [1.54, 1.807) is 0 Å². The van der Waals surface area contributed by atoms with Crippen molar-refractivity contribution in [3.8, 4) is 0 Å². The van der Waals surface area contributed by atoms with Crippen LogP contribution in [-0.4, -0.2) is 13.0 Å². The third-order valence-electron chi connectivity index (χ3n) is 3.89. The Hall–Kier alpha value is -0.530. The Morgan fingerprint density at radius 2 is 1.26 bits per heavy atom. The predicted octanol–water partition coefficient (Wildman–Crippen LogP) is 4.98. The summed E-state index contributed by atoms with van der Waals surface area (Å²) in [6.07, 6.45) is 17.8. The van der Waals surface area contributed by atoms with E-state index in [2.05, 4.69) is 19.2 Å². The minimum absolute atomic E-state index is 0.671. The molecule has 1 radical (unpaired) electrons. The fourth-order valence-corrected chi connectivity index (χ4v) is 2.61. The number of unbranched alkanes of at least 4 members (excludes halogenated alkanes) is 8. The minimum atomic E-state index is 0.671. The molecule has 113 valence electrons. The van der Waals surface area contributed by atoms with E-state index in [1.807, 2.05) is 6.41 Å². The van der Waals surface area contributed by atoms with Gasteiger partial charge >= 0.3 is 6.41 Å². The average Bonchev–Trinajstić information content (AvgIpc) is 2.43. The molecule has 2 nitrogen and oxygen atoms in total. The van der Waals surface area contributed by atoms with Gasteiger partial charge in [0.05, 0.1) is 0 Å². The number of hydrogen-bond acceptors (Lipinski definition) is 1. The Labute approximate surface area is 120 Å². The van der Waals surface area contributed by atoms with Crippen LogP contribution in [0.4, 0.5) is 0 Å². The molecule has 0 saturated heterocycles. The van der Waals surface area contributed by atoms with Gasteiger partial charge in [-0.3, -0.25) is 4.79 Å². The lowest BCUT2D eigenvalue weighted by Crippen LogP contribution is -2.21. The molecule has 1 N–H and O–H groups in total. The molecule has 0 aliphatic rings. The molecule has 1 amide bonds. The van der Waals surface area contributed by atoms with E-state index in [0.717, 1.165) is 6.54 Å². The Kier molecular flexibility index (Phi) is 15.1. The Bertz CT molecular complexity index is 182. The van der Waals surface area contributed by atoms with Crippen LogP contribution in [0.1, 0.15) is 90.9 Å². The third-order valence-corrected chi connectivity index (χ3v) is 3.89. The van der Waals surface area contributed by atoms with Gasteiger partial charge in [-0.15, -0.1) is 0 Å². The van der Waals surface area contributed by atoms with Crippen LogP contribution in [0.5, 0.6) is 0 Å². The quantitative estimate of drug-likeness (QED) is 0.329. The summed E-state index contributed by atoms with van der Waals surface area (Å²) in [6.45, 7) is 5.33. The standard InChI is InChI=1S/C17H34NO/c1-3-5-7-9-10-12-14-17(15-18-16-19)13-11-8-6-4-2/h17H,3-15H2,1-2H3,(H,18,19). The first-order chi connectivity index (χ1) is 9.35. The van der Waals surface area contributed by atoms with Crippen LogP contribution >= 0.6 is 0 Å². The minimum Gasteiger partial charge on any atom is -0.348 e. The van der Waals surface area contributed by atoms with Gasteiger partial charge in [-0.25, -0.2) is 0 Å².